The SMILES string of the molecule is CC(=O)c1ccc(NC(=O)CSc2ncc(CO)n2CC(=O)NCc2ccc(F)cc2)cc1. The van der Waals surface area contributed by atoms with Crippen molar-refractivity contribution in [3.8, 4) is 0 Å². The van der Waals surface area contributed by atoms with Crippen molar-refractivity contribution in [3.63, 3.8) is 0 Å². The van der Waals surface area contributed by atoms with E-state index in [0.717, 1.165) is 17.3 Å². The second-order valence-electron chi connectivity index (χ2n) is 7.15. The molecule has 0 saturated carbocycles. The molecule has 0 fully saturated rings. The smallest absolute Gasteiger partial charge is 0.240 e. The Morgan fingerprint density at radius 3 is 2.39 bits per heavy atom. The second-order valence-corrected chi connectivity index (χ2v) is 8.09. The summed E-state index contributed by atoms with van der Waals surface area (Å²) < 4.78 is 14.5. The van der Waals surface area contributed by atoms with E-state index >= 15 is 0 Å². The number of nitrogens with one attached hydrogen (secondary N) is 2. The third-order valence-corrected chi connectivity index (χ3v) is 5.67. The first-order valence-electron chi connectivity index (χ1n) is 10.1. The number of rotatable bonds is 10. The molecule has 1 heterocycles. The molecule has 172 valence electrons. The van der Waals surface area contributed by atoms with E-state index in [-0.39, 0.29) is 48.9 Å². The van der Waals surface area contributed by atoms with Gasteiger partial charge in [0.1, 0.15) is 12.4 Å². The van der Waals surface area contributed by atoms with Gasteiger partial charge in [0.25, 0.3) is 0 Å². The van der Waals surface area contributed by atoms with E-state index in [4.69, 9.17) is 0 Å². The van der Waals surface area contributed by atoms with Crippen molar-refractivity contribution in [2.45, 2.75) is 31.8 Å². The van der Waals surface area contributed by atoms with E-state index < -0.39 is 0 Å². The molecule has 0 atom stereocenters. The fourth-order valence-corrected chi connectivity index (χ4v) is 3.72. The van der Waals surface area contributed by atoms with Crippen LogP contribution in [0.25, 0.3) is 0 Å². The molecule has 0 radical (unpaired) electrons. The molecule has 2 amide bonds. The van der Waals surface area contributed by atoms with Crippen molar-refractivity contribution in [2.24, 2.45) is 0 Å². The number of carbonyl (C=O) groups is 3. The molecule has 0 aliphatic rings. The Bertz CT molecular complexity index is 1130. The summed E-state index contributed by atoms with van der Waals surface area (Å²) in [4.78, 5) is 40.2. The predicted octanol–water partition coefficient (Wildman–Crippen LogP) is 2.76. The van der Waals surface area contributed by atoms with Gasteiger partial charge in [0.15, 0.2) is 10.9 Å². The van der Waals surface area contributed by atoms with Crippen LogP contribution in [-0.2, 0) is 29.3 Å². The normalized spacial score (nSPS) is 10.6. The lowest BCUT2D eigenvalue weighted by Gasteiger charge is -2.11. The van der Waals surface area contributed by atoms with Crippen molar-refractivity contribution in [2.75, 3.05) is 11.1 Å². The number of imidazole rings is 1. The largest absolute Gasteiger partial charge is 0.390 e. The fraction of sp³-hybridized carbons (Fsp3) is 0.217. The Labute approximate surface area is 194 Å². The highest BCUT2D eigenvalue weighted by Crippen LogP contribution is 2.20. The Balaban J connectivity index is 1.55. The topological polar surface area (TPSA) is 113 Å². The van der Waals surface area contributed by atoms with Gasteiger partial charge in [-0.3, -0.25) is 14.4 Å². The molecule has 0 saturated heterocycles. The van der Waals surface area contributed by atoms with Crippen molar-refractivity contribution < 1.29 is 23.9 Å². The van der Waals surface area contributed by atoms with Crippen LogP contribution >= 0.6 is 11.8 Å². The van der Waals surface area contributed by atoms with Gasteiger partial charge in [-0.15, -0.1) is 0 Å². The van der Waals surface area contributed by atoms with Crippen molar-refractivity contribution in [1.29, 1.82) is 0 Å². The highest BCUT2D eigenvalue weighted by atomic mass is 32.2. The number of aliphatic hydroxyl groups excluding tert-OH is 1. The van der Waals surface area contributed by atoms with Crippen LogP contribution in [0.2, 0.25) is 0 Å². The molecule has 10 heteroatoms. The van der Waals surface area contributed by atoms with Gasteiger partial charge in [-0.1, -0.05) is 23.9 Å². The van der Waals surface area contributed by atoms with E-state index in [0.29, 0.717) is 22.1 Å². The van der Waals surface area contributed by atoms with Gasteiger partial charge in [0.2, 0.25) is 11.8 Å². The van der Waals surface area contributed by atoms with E-state index in [1.807, 2.05) is 0 Å². The van der Waals surface area contributed by atoms with Gasteiger partial charge in [-0.2, -0.15) is 0 Å². The molecule has 0 aliphatic heterocycles. The lowest BCUT2D eigenvalue weighted by atomic mass is 10.1. The zero-order chi connectivity index (χ0) is 23.8. The molecule has 0 bridgehead atoms. The van der Waals surface area contributed by atoms with E-state index in [2.05, 4.69) is 15.6 Å². The second kappa shape index (κ2) is 11.4. The number of hydrogen-bond acceptors (Lipinski definition) is 6. The third kappa shape index (κ3) is 6.99. The number of nitrogens with zero attached hydrogens (tertiary/aromatic N) is 2. The first kappa shape index (κ1) is 24.1. The maximum absolute atomic E-state index is 13.0. The fourth-order valence-electron chi connectivity index (χ4n) is 2.92. The maximum Gasteiger partial charge on any atom is 0.240 e. The Hall–Kier alpha value is -3.50. The minimum Gasteiger partial charge on any atom is -0.390 e. The van der Waals surface area contributed by atoms with Gasteiger partial charge in [-0.25, -0.2) is 9.37 Å². The summed E-state index contributed by atoms with van der Waals surface area (Å²) in [5, 5.41) is 15.5. The molecular weight excluding hydrogens is 447 g/mol. The third-order valence-electron chi connectivity index (χ3n) is 4.68. The minimum atomic E-state index is -0.352. The van der Waals surface area contributed by atoms with Crippen LogP contribution in [-0.4, -0.2) is 38.0 Å². The van der Waals surface area contributed by atoms with Crippen molar-refractivity contribution >= 4 is 35.0 Å². The summed E-state index contributed by atoms with van der Waals surface area (Å²) in [6, 6.07) is 12.4. The van der Waals surface area contributed by atoms with E-state index in [1.165, 1.54) is 25.3 Å². The molecule has 0 unspecified atom stereocenters. The number of hydrogen-bond donors (Lipinski definition) is 3. The summed E-state index contributed by atoms with van der Waals surface area (Å²) in [6.07, 6.45) is 1.45. The molecular formula is C23H23FN4O4S. The number of carbonyl (C=O) groups excluding carboxylic acids is 3. The summed E-state index contributed by atoms with van der Waals surface area (Å²) in [6.45, 7) is 1.30. The van der Waals surface area contributed by atoms with Gasteiger partial charge in [-0.05, 0) is 48.9 Å². The van der Waals surface area contributed by atoms with E-state index in [1.54, 1.807) is 41.0 Å². The van der Waals surface area contributed by atoms with Crippen LogP contribution in [0.15, 0.2) is 59.9 Å². The average Bonchev–Trinajstić information content (AvgIpc) is 3.19. The maximum atomic E-state index is 13.0. The number of anilines is 1. The average molecular weight is 471 g/mol. The number of aliphatic hydroxyl groups is 1. The summed E-state index contributed by atoms with van der Waals surface area (Å²) >= 11 is 1.13. The molecule has 33 heavy (non-hydrogen) atoms. The Morgan fingerprint density at radius 2 is 1.76 bits per heavy atom. The van der Waals surface area contributed by atoms with Crippen LogP contribution in [0.4, 0.5) is 10.1 Å². The molecule has 3 aromatic rings. The lowest BCUT2D eigenvalue weighted by Crippen LogP contribution is -2.28. The van der Waals surface area contributed by atoms with Crippen LogP contribution in [0, 0.1) is 5.82 Å². The minimum absolute atomic E-state index is 0.0353. The number of benzene rings is 2. The number of ketones is 1. The quantitative estimate of drug-likeness (QED) is 0.310. The monoisotopic (exact) mass is 470 g/mol. The zero-order valence-corrected chi connectivity index (χ0v) is 18.7. The molecule has 0 aliphatic carbocycles. The summed E-state index contributed by atoms with van der Waals surface area (Å²) in [5.41, 5.74) is 2.30. The molecule has 1 aromatic heterocycles. The van der Waals surface area contributed by atoms with Gasteiger partial charge < -0.3 is 20.3 Å². The Morgan fingerprint density at radius 1 is 1.06 bits per heavy atom. The van der Waals surface area contributed by atoms with Gasteiger partial charge in [0, 0.05) is 17.8 Å². The number of halogens is 1. The van der Waals surface area contributed by atoms with Crippen LogP contribution in [0.3, 0.4) is 0 Å². The van der Waals surface area contributed by atoms with E-state index in [9.17, 15) is 23.9 Å². The molecule has 3 rings (SSSR count). The van der Waals surface area contributed by atoms with Crippen LogP contribution < -0.4 is 10.6 Å². The number of thioether (sulfide) groups is 1. The van der Waals surface area contributed by atoms with Crippen molar-refractivity contribution in [1.82, 2.24) is 14.9 Å². The number of Topliss-reactive ketones (excluding diaryl/α,β-unsaturated/α-hetero) is 1. The number of aromatic nitrogens is 2. The van der Waals surface area contributed by atoms with Gasteiger partial charge in [0.05, 0.1) is 24.3 Å². The number of amides is 2. The predicted molar refractivity (Wildman–Crippen MR) is 122 cm³/mol. The first-order valence-corrected chi connectivity index (χ1v) is 11.0. The molecule has 2 aromatic carbocycles. The molecule has 0 spiro atoms. The molecule has 3 N–H and O–H groups in total. The standard InChI is InChI=1S/C23H23FN4O4S/c1-15(30)17-4-8-19(9-5-17)27-22(32)14-33-23-26-11-20(13-29)28(23)12-21(31)25-10-16-2-6-18(24)7-3-16/h2-9,11,29H,10,12-14H2,1H3,(H,25,31)(H,27,32). The van der Waals surface area contributed by atoms with Crippen LogP contribution in [0.1, 0.15) is 28.5 Å². The first-order chi connectivity index (χ1) is 15.9. The Kier molecular flexibility index (Phi) is 8.34. The highest BCUT2D eigenvalue weighted by Gasteiger charge is 2.15. The zero-order valence-electron chi connectivity index (χ0n) is 17.9. The van der Waals surface area contributed by atoms with Crippen molar-refractivity contribution in [3.05, 3.63) is 77.4 Å². The van der Waals surface area contributed by atoms with Crippen LogP contribution in [0.5, 0.6) is 0 Å². The van der Waals surface area contributed by atoms with Gasteiger partial charge >= 0.3 is 0 Å². The lowest BCUT2D eigenvalue weighted by molar-refractivity contribution is -0.122. The highest BCUT2D eigenvalue weighted by molar-refractivity contribution is 7.99. The summed E-state index contributed by atoms with van der Waals surface area (Å²) in [7, 11) is 0. The molecule has 8 nitrogen and oxygen atoms in total. The summed E-state index contributed by atoms with van der Waals surface area (Å²) in [5.74, 6) is -0.972.